The minimum atomic E-state index is 0.688. The van der Waals surface area contributed by atoms with E-state index < -0.39 is 0 Å². The monoisotopic (exact) mass is 323 g/mol. The number of benzene rings is 1. The Bertz CT molecular complexity index is 400. The lowest BCUT2D eigenvalue weighted by molar-refractivity contribution is 0.439. The molecule has 1 unspecified atom stereocenters. The van der Waals surface area contributed by atoms with Gasteiger partial charge in [0.1, 0.15) is 0 Å². The molecular weight excluding hydrogens is 298 g/mol. The van der Waals surface area contributed by atoms with Gasteiger partial charge in [0, 0.05) is 10.5 Å². The van der Waals surface area contributed by atoms with Crippen LogP contribution in [0.25, 0.3) is 0 Å². The van der Waals surface area contributed by atoms with Gasteiger partial charge in [-0.05, 0) is 61.4 Å². The molecule has 1 aliphatic rings. The molecule has 1 nitrogen and oxygen atoms in total. The summed E-state index contributed by atoms with van der Waals surface area (Å²) in [4.78, 5) is 0. The number of halogens is 1. The summed E-state index contributed by atoms with van der Waals surface area (Å²) in [5.74, 6) is 0.847. The number of fused-ring (bicyclic) bond motifs is 1. The van der Waals surface area contributed by atoms with Crippen molar-refractivity contribution in [3.63, 3.8) is 0 Å². The number of unbranched alkanes of at least 4 members (excludes halogenated alkanes) is 1. The van der Waals surface area contributed by atoms with Crippen LogP contribution in [0.4, 0.5) is 0 Å². The summed E-state index contributed by atoms with van der Waals surface area (Å²) in [6.07, 6.45) is 7.75. The zero-order chi connectivity index (χ0) is 13.7. The highest BCUT2D eigenvalue weighted by Crippen LogP contribution is 2.24. The number of hydrogen-bond acceptors (Lipinski definition) is 1. The molecule has 1 aromatic rings. The van der Waals surface area contributed by atoms with Gasteiger partial charge >= 0.3 is 0 Å². The van der Waals surface area contributed by atoms with Crippen LogP contribution in [0.3, 0.4) is 0 Å². The Morgan fingerprint density at radius 1 is 1.26 bits per heavy atom. The molecule has 2 heteroatoms. The smallest absolute Gasteiger partial charge is 0.0178 e. The van der Waals surface area contributed by atoms with Gasteiger partial charge in [-0.1, -0.05) is 48.7 Å². The summed E-state index contributed by atoms with van der Waals surface area (Å²) in [7, 11) is 0. The van der Waals surface area contributed by atoms with Crippen molar-refractivity contribution in [3.8, 4) is 0 Å². The van der Waals surface area contributed by atoms with Crippen molar-refractivity contribution in [3.05, 3.63) is 33.8 Å². The third kappa shape index (κ3) is 4.92. The van der Waals surface area contributed by atoms with Gasteiger partial charge in [-0.2, -0.15) is 0 Å². The molecule has 1 N–H and O–H groups in total. The van der Waals surface area contributed by atoms with Crippen molar-refractivity contribution in [2.45, 2.75) is 58.4 Å². The fourth-order valence-corrected chi connectivity index (χ4v) is 3.29. The summed E-state index contributed by atoms with van der Waals surface area (Å²) in [5.41, 5.74) is 3.07. The maximum absolute atomic E-state index is 3.74. The van der Waals surface area contributed by atoms with Gasteiger partial charge in [0.15, 0.2) is 0 Å². The molecule has 2 rings (SSSR count). The summed E-state index contributed by atoms with van der Waals surface area (Å²) >= 11 is 3.56. The molecule has 1 aliphatic carbocycles. The van der Waals surface area contributed by atoms with Crippen LogP contribution in [-0.4, -0.2) is 12.6 Å². The highest BCUT2D eigenvalue weighted by molar-refractivity contribution is 9.10. The van der Waals surface area contributed by atoms with Crippen LogP contribution in [0.15, 0.2) is 22.7 Å². The second-order valence-corrected chi connectivity index (χ2v) is 7.11. The molecule has 0 saturated carbocycles. The lowest BCUT2D eigenvalue weighted by Gasteiger charge is -2.26. The van der Waals surface area contributed by atoms with E-state index in [1.165, 1.54) is 60.7 Å². The number of hydrogen-bond donors (Lipinski definition) is 1. The van der Waals surface area contributed by atoms with Crippen LogP contribution in [-0.2, 0) is 12.8 Å². The van der Waals surface area contributed by atoms with Crippen LogP contribution >= 0.6 is 15.9 Å². The first-order chi connectivity index (χ1) is 9.15. The number of nitrogens with one attached hydrogen (secondary N) is 1. The molecule has 0 heterocycles. The Morgan fingerprint density at radius 2 is 2.11 bits per heavy atom. The topological polar surface area (TPSA) is 12.0 Å². The predicted molar refractivity (Wildman–Crippen MR) is 86.6 cm³/mol. The van der Waals surface area contributed by atoms with Crippen molar-refractivity contribution in [2.24, 2.45) is 5.92 Å². The van der Waals surface area contributed by atoms with E-state index in [2.05, 4.69) is 53.3 Å². The van der Waals surface area contributed by atoms with Crippen LogP contribution in [0.1, 0.15) is 50.7 Å². The van der Waals surface area contributed by atoms with Gasteiger partial charge in [0.05, 0.1) is 0 Å². The molecule has 0 fully saturated rings. The molecule has 0 radical (unpaired) electrons. The van der Waals surface area contributed by atoms with E-state index in [1.807, 2.05) is 0 Å². The zero-order valence-corrected chi connectivity index (χ0v) is 13.8. The fourth-order valence-electron chi connectivity index (χ4n) is 2.88. The number of rotatable bonds is 6. The molecule has 0 bridgehead atoms. The van der Waals surface area contributed by atoms with E-state index in [9.17, 15) is 0 Å². The van der Waals surface area contributed by atoms with Crippen LogP contribution < -0.4 is 5.32 Å². The maximum Gasteiger partial charge on any atom is 0.0178 e. The standard InChI is InChI=1S/C17H26BrN/c1-13(2)5-3-4-10-19-17-9-7-14-11-16(18)8-6-15(14)12-17/h6,8,11,13,17,19H,3-5,7,9-10,12H2,1-2H3. The predicted octanol–water partition coefficient (Wildman–Crippen LogP) is 4.72. The van der Waals surface area contributed by atoms with Gasteiger partial charge < -0.3 is 5.32 Å². The Hall–Kier alpha value is -0.340. The molecule has 0 amide bonds. The molecule has 0 saturated heterocycles. The van der Waals surface area contributed by atoms with E-state index in [1.54, 1.807) is 0 Å². The van der Waals surface area contributed by atoms with E-state index >= 15 is 0 Å². The first-order valence-electron chi connectivity index (χ1n) is 7.66. The van der Waals surface area contributed by atoms with Crippen molar-refractivity contribution < 1.29 is 0 Å². The van der Waals surface area contributed by atoms with Gasteiger partial charge in [-0.3, -0.25) is 0 Å². The quantitative estimate of drug-likeness (QED) is 0.747. The van der Waals surface area contributed by atoms with Crippen LogP contribution in [0.5, 0.6) is 0 Å². The average Bonchev–Trinajstić information content (AvgIpc) is 2.38. The Balaban J connectivity index is 1.71. The minimum absolute atomic E-state index is 0.688. The SMILES string of the molecule is CC(C)CCCCNC1CCc2cc(Br)ccc2C1. The van der Waals surface area contributed by atoms with Gasteiger partial charge in [0.25, 0.3) is 0 Å². The second-order valence-electron chi connectivity index (χ2n) is 6.20. The molecule has 106 valence electrons. The molecule has 0 aromatic heterocycles. The minimum Gasteiger partial charge on any atom is -0.314 e. The Labute approximate surface area is 126 Å². The van der Waals surface area contributed by atoms with E-state index in [-0.39, 0.29) is 0 Å². The Morgan fingerprint density at radius 3 is 2.89 bits per heavy atom. The largest absolute Gasteiger partial charge is 0.314 e. The highest BCUT2D eigenvalue weighted by Gasteiger charge is 2.17. The lowest BCUT2D eigenvalue weighted by atomic mass is 9.88. The van der Waals surface area contributed by atoms with Crippen LogP contribution in [0.2, 0.25) is 0 Å². The average molecular weight is 324 g/mol. The molecule has 1 aromatic carbocycles. The zero-order valence-electron chi connectivity index (χ0n) is 12.2. The third-order valence-electron chi connectivity index (χ3n) is 4.04. The normalized spacial score (nSPS) is 18.6. The van der Waals surface area contributed by atoms with Crippen molar-refractivity contribution in [2.75, 3.05) is 6.54 Å². The van der Waals surface area contributed by atoms with E-state index in [0.29, 0.717) is 6.04 Å². The second kappa shape index (κ2) is 7.44. The lowest BCUT2D eigenvalue weighted by Crippen LogP contribution is -2.35. The van der Waals surface area contributed by atoms with Gasteiger partial charge in [0.2, 0.25) is 0 Å². The molecule has 0 aliphatic heterocycles. The summed E-state index contributed by atoms with van der Waals surface area (Å²) in [6, 6.07) is 7.43. The first-order valence-corrected chi connectivity index (χ1v) is 8.45. The molecule has 0 spiro atoms. The first kappa shape index (κ1) is 15.1. The van der Waals surface area contributed by atoms with Crippen molar-refractivity contribution in [1.82, 2.24) is 5.32 Å². The number of aryl methyl sites for hydroxylation is 1. The van der Waals surface area contributed by atoms with Crippen molar-refractivity contribution in [1.29, 1.82) is 0 Å². The highest BCUT2D eigenvalue weighted by atomic mass is 79.9. The molecule has 1 atom stereocenters. The summed E-state index contributed by atoms with van der Waals surface area (Å²) < 4.78 is 1.21. The van der Waals surface area contributed by atoms with E-state index in [0.717, 1.165) is 5.92 Å². The molecular formula is C17H26BrN. The van der Waals surface area contributed by atoms with Gasteiger partial charge in [-0.15, -0.1) is 0 Å². The Kier molecular flexibility index (Phi) is 5.90. The third-order valence-corrected chi connectivity index (χ3v) is 4.53. The van der Waals surface area contributed by atoms with Crippen LogP contribution in [0, 0.1) is 5.92 Å². The maximum atomic E-state index is 3.74. The van der Waals surface area contributed by atoms with Crippen molar-refractivity contribution >= 4 is 15.9 Å². The van der Waals surface area contributed by atoms with Gasteiger partial charge in [-0.25, -0.2) is 0 Å². The summed E-state index contributed by atoms with van der Waals surface area (Å²) in [5, 5.41) is 3.74. The molecule has 19 heavy (non-hydrogen) atoms. The fraction of sp³-hybridized carbons (Fsp3) is 0.647. The van der Waals surface area contributed by atoms with E-state index in [4.69, 9.17) is 0 Å². The summed E-state index contributed by atoms with van der Waals surface area (Å²) in [6.45, 7) is 5.80.